The van der Waals surface area contributed by atoms with Crippen LogP contribution in [0.2, 0.25) is 0 Å². The molecule has 1 aromatic rings. The minimum absolute atomic E-state index is 0.0948. The molecule has 1 saturated heterocycles. The van der Waals surface area contributed by atoms with Gasteiger partial charge >= 0.3 is 23.6 Å². The van der Waals surface area contributed by atoms with E-state index in [2.05, 4.69) is 4.74 Å². The SMILES string of the molecule is COC(=O)[C@@H](N)[C@@H]1C[C@@H](OC(C)=O)[C@@H](OC(C)=O)[C@H](n2ccc(=O)[nH]c2=O)O1. The van der Waals surface area contributed by atoms with Crippen LogP contribution in [0, 0.1) is 0 Å². The molecule has 1 aromatic heterocycles. The molecule has 0 unspecified atom stereocenters. The molecule has 154 valence electrons. The van der Waals surface area contributed by atoms with E-state index >= 15 is 0 Å². The van der Waals surface area contributed by atoms with E-state index < -0.39 is 59.7 Å². The summed E-state index contributed by atoms with van der Waals surface area (Å²) >= 11 is 0. The number of hydrogen-bond donors (Lipinski definition) is 2. The maximum Gasteiger partial charge on any atom is 0.330 e. The Bertz CT molecular complexity index is 861. The molecule has 0 radical (unpaired) electrons. The van der Waals surface area contributed by atoms with Gasteiger partial charge in [-0.3, -0.25) is 28.7 Å². The molecule has 1 aliphatic rings. The highest BCUT2D eigenvalue weighted by Gasteiger charge is 2.47. The van der Waals surface area contributed by atoms with Crippen LogP contribution in [-0.2, 0) is 33.3 Å². The van der Waals surface area contributed by atoms with Crippen molar-refractivity contribution in [3.05, 3.63) is 33.1 Å². The smallest absolute Gasteiger partial charge is 0.330 e. The zero-order chi connectivity index (χ0) is 21.0. The van der Waals surface area contributed by atoms with Gasteiger partial charge in [0.15, 0.2) is 12.3 Å². The molecule has 28 heavy (non-hydrogen) atoms. The van der Waals surface area contributed by atoms with E-state index in [0.29, 0.717) is 0 Å². The van der Waals surface area contributed by atoms with Crippen LogP contribution in [0.3, 0.4) is 0 Å². The third kappa shape index (κ3) is 4.84. The zero-order valence-corrected chi connectivity index (χ0v) is 15.4. The summed E-state index contributed by atoms with van der Waals surface area (Å²) < 4.78 is 21.7. The van der Waals surface area contributed by atoms with Gasteiger partial charge in [-0.2, -0.15) is 0 Å². The van der Waals surface area contributed by atoms with Gasteiger partial charge in [-0.05, 0) is 0 Å². The fourth-order valence-corrected chi connectivity index (χ4v) is 2.88. The number of nitrogens with two attached hydrogens (primary N) is 1. The van der Waals surface area contributed by atoms with Crippen LogP contribution in [0.5, 0.6) is 0 Å². The molecule has 0 aliphatic carbocycles. The average molecular weight is 399 g/mol. The molecule has 12 nitrogen and oxygen atoms in total. The van der Waals surface area contributed by atoms with Crippen LogP contribution < -0.4 is 17.0 Å². The molecule has 2 rings (SSSR count). The largest absolute Gasteiger partial charge is 0.468 e. The number of esters is 3. The zero-order valence-electron chi connectivity index (χ0n) is 15.4. The number of nitrogens with zero attached hydrogens (tertiary/aromatic N) is 1. The number of carbonyl (C=O) groups excluding carboxylic acids is 3. The van der Waals surface area contributed by atoms with Crippen molar-refractivity contribution in [2.45, 2.75) is 50.8 Å². The minimum atomic E-state index is -1.33. The van der Waals surface area contributed by atoms with Gasteiger partial charge in [0.05, 0.1) is 13.2 Å². The summed E-state index contributed by atoms with van der Waals surface area (Å²) in [7, 11) is 1.14. The number of aromatic amines is 1. The van der Waals surface area contributed by atoms with Gasteiger partial charge in [-0.15, -0.1) is 0 Å². The second-order valence-electron chi connectivity index (χ2n) is 6.09. The van der Waals surface area contributed by atoms with Crippen LogP contribution >= 0.6 is 0 Å². The van der Waals surface area contributed by atoms with Crippen molar-refractivity contribution >= 4 is 17.9 Å². The first kappa shape index (κ1) is 21.3. The molecule has 0 spiro atoms. The lowest BCUT2D eigenvalue weighted by Crippen LogP contribution is -2.57. The number of nitrogens with one attached hydrogen (secondary N) is 1. The summed E-state index contributed by atoms with van der Waals surface area (Å²) in [5.41, 5.74) is 4.34. The van der Waals surface area contributed by atoms with E-state index in [1.807, 2.05) is 4.98 Å². The van der Waals surface area contributed by atoms with E-state index in [9.17, 15) is 24.0 Å². The summed E-state index contributed by atoms with van der Waals surface area (Å²) in [6, 6.07) is -0.206. The van der Waals surface area contributed by atoms with Crippen molar-refractivity contribution in [1.29, 1.82) is 0 Å². The van der Waals surface area contributed by atoms with Gasteiger partial charge in [-0.25, -0.2) is 4.79 Å². The summed E-state index contributed by atoms with van der Waals surface area (Å²) in [5, 5.41) is 0. The van der Waals surface area contributed by atoms with Crippen LogP contribution in [-0.4, -0.2) is 58.9 Å². The number of aromatic nitrogens is 2. The molecule has 1 aliphatic heterocycles. The Kier molecular flexibility index (Phi) is 6.70. The maximum atomic E-state index is 12.2. The van der Waals surface area contributed by atoms with Crippen LogP contribution in [0.25, 0.3) is 0 Å². The molecule has 0 amide bonds. The Morgan fingerprint density at radius 1 is 1.25 bits per heavy atom. The Morgan fingerprint density at radius 2 is 1.89 bits per heavy atom. The number of hydrogen-bond acceptors (Lipinski definition) is 10. The average Bonchev–Trinajstić information content (AvgIpc) is 2.61. The predicted octanol–water partition coefficient (Wildman–Crippen LogP) is -1.81. The first-order valence-corrected chi connectivity index (χ1v) is 8.28. The predicted molar refractivity (Wildman–Crippen MR) is 90.9 cm³/mol. The van der Waals surface area contributed by atoms with E-state index in [1.54, 1.807) is 0 Å². The molecule has 12 heteroatoms. The number of ether oxygens (including phenoxy) is 4. The Labute approximate surface area is 158 Å². The standard InChI is InChI=1S/C16H21N3O9/c1-7(20)26-10-6-9(12(17)15(23)25-3)28-14(13(10)27-8(2)21)19-5-4-11(22)18-16(19)24/h4-5,9-10,12-14H,6,17H2,1-3H3,(H,18,22,24)/t9-,10+,12-,13+,14+/m0/s1. The Hall–Kier alpha value is -2.99. The lowest BCUT2D eigenvalue weighted by molar-refractivity contribution is -0.228. The Morgan fingerprint density at radius 3 is 2.43 bits per heavy atom. The third-order valence-corrected chi connectivity index (χ3v) is 4.04. The molecule has 3 N–H and O–H groups in total. The fourth-order valence-electron chi connectivity index (χ4n) is 2.88. The van der Waals surface area contributed by atoms with Gasteiger partial charge in [0, 0.05) is 32.5 Å². The van der Waals surface area contributed by atoms with Crippen molar-refractivity contribution in [2.24, 2.45) is 5.73 Å². The topological polar surface area (TPSA) is 169 Å². The normalized spacial score (nSPS) is 25.4. The van der Waals surface area contributed by atoms with Gasteiger partial charge in [0.2, 0.25) is 0 Å². The second kappa shape index (κ2) is 8.80. The van der Waals surface area contributed by atoms with E-state index in [-0.39, 0.29) is 6.42 Å². The first-order chi connectivity index (χ1) is 13.1. The molecular weight excluding hydrogens is 378 g/mol. The third-order valence-electron chi connectivity index (χ3n) is 4.04. The monoisotopic (exact) mass is 399 g/mol. The highest BCUT2D eigenvalue weighted by molar-refractivity contribution is 5.76. The van der Waals surface area contributed by atoms with Gasteiger partial charge in [-0.1, -0.05) is 0 Å². The first-order valence-electron chi connectivity index (χ1n) is 8.28. The summed E-state index contributed by atoms with van der Waals surface area (Å²) in [6.07, 6.45) is -3.63. The number of H-pyrrole nitrogens is 1. The van der Waals surface area contributed by atoms with Gasteiger partial charge < -0.3 is 24.7 Å². The van der Waals surface area contributed by atoms with Crippen LogP contribution in [0.15, 0.2) is 21.9 Å². The van der Waals surface area contributed by atoms with Crippen molar-refractivity contribution in [3.8, 4) is 0 Å². The molecule has 0 bridgehead atoms. The highest BCUT2D eigenvalue weighted by atomic mass is 16.6. The molecule has 1 fully saturated rings. The van der Waals surface area contributed by atoms with Crippen molar-refractivity contribution in [2.75, 3.05) is 7.11 Å². The Balaban J connectivity index is 2.50. The van der Waals surface area contributed by atoms with E-state index in [4.69, 9.17) is 19.9 Å². The van der Waals surface area contributed by atoms with Gasteiger partial charge in [0.25, 0.3) is 5.56 Å². The number of methoxy groups -OCH3 is 1. The molecule has 5 atom stereocenters. The molecule has 2 heterocycles. The maximum absolute atomic E-state index is 12.2. The fraction of sp³-hybridized carbons (Fsp3) is 0.562. The van der Waals surface area contributed by atoms with Crippen LogP contribution in [0.4, 0.5) is 0 Å². The summed E-state index contributed by atoms with van der Waals surface area (Å²) in [4.78, 5) is 60.5. The van der Waals surface area contributed by atoms with Gasteiger partial charge in [0.1, 0.15) is 12.1 Å². The van der Waals surface area contributed by atoms with Crippen LogP contribution in [0.1, 0.15) is 26.5 Å². The van der Waals surface area contributed by atoms with Crippen molar-refractivity contribution < 1.29 is 33.3 Å². The summed E-state index contributed by atoms with van der Waals surface area (Å²) in [5.74, 6) is -2.18. The minimum Gasteiger partial charge on any atom is -0.468 e. The molecule has 0 aromatic carbocycles. The van der Waals surface area contributed by atoms with Crippen molar-refractivity contribution in [1.82, 2.24) is 9.55 Å². The molecular formula is C16H21N3O9. The van der Waals surface area contributed by atoms with E-state index in [1.165, 1.54) is 0 Å². The number of rotatable bonds is 5. The molecule has 0 saturated carbocycles. The quantitative estimate of drug-likeness (QED) is 0.425. The second-order valence-corrected chi connectivity index (χ2v) is 6.09. The summed E-state index contributed by atoms with van der Waals surface area (Å²) in [6.45, 7) is 2.28. The lowest BCUT2D eigenvalue weighted by atomic mass is 9.96. The van der Waals surface area contributed by atoms with Crippen molar-refractivity contribution in [3.63, 3.8) is 0 Å². The lowest BCUT2D eigenvalue weighted by Gasteiger charge is -2.41. The highest BCUT2D eigenvalue weighted by Crippen LogP contribution is 2.32. The van der Waals surface area contributed by atoms with E-state index in [0.717, 1.165) is 37.8 Å². The number of carbonyl (C=O) groups is 3.